The van der Waals surface area contributed by atoms with Crippen LogP contribution in [0.25, 0.3) is 6.08 Å². The van der Waals surface area contributed by atoms with E-state index in [0.717, 1.165) is 0 Å². The Morgan fingerprint density at radius 1 is 1.41 bits per heavy atom. The van der Waals surface area contributed by atoms with Crippen LogP contribution in [0.15, 0.2) is 24.3 Å². The molecule has 0 saturated carbocycles. The van der Waals surface area contributed by atoms with Crippen molar-refractivity contribution < 1.29 is 9.90 Å². The highest BCUT2D eigenvalue weighted by Crippen LogP contribution is 2.21. The maximum atomic E-state index is 11.3. The second-order valence-corrected chi connectivity index (χ2v) is 4.21. The van der Waals surface area contributed by atoms with E-state index in [2.05, 4.69) is 5.32 Å². The van der Waals surface area contributed by atoms with Crippen LogP contribution in [-0.4, -0.2) is 24.2 Å². The van der Waals surface area contributed by atoms with Crippen LogP contribution in [0.4, 0.5) is 0 Å². The summed E-state index contributed by atoms with van der Waals surface area (Å²) in [5, 5.41) is 12.3. The van der Waals surface area contributed by atoms with Crippen molar-refractivity contribution in [3.63, 3.8) is 0 Å². The number of amides is 1. The molecule has 3 nitrogen and oxygen atoms in total. The summed E-state index contributed by atoms with van der Waals surface area (Å²) in [5.41, 5.74) is 0.691. The van der Waals surface area contributed by atoms with Crippen LogP contribution >= 0.6 is 23.2 Å². The van der Waals surface area contributed by atoms with E-state index in [1.807, 2.05) is 0 Å². The van der Waals surface area contributed by atoms with Gasteiger partial charge in [-0.05, 0) is 36.3 Å². The molecule has 1 aromatic carbocycles. The molecule has 0 heterocycles. The van der Waals surface area contributed by atoms with Crippen molar-refractivity contribution in [2.24, 2.45) is 0 Å². The highest BCUT2D eigenvalue weighted by Gasteiger charge is 1.99. The highest BCUT2D eigenvalue weighted by molar-refractivity contribution is 6.34. The second kappa shape index (κ2) is 7.33. The van der Waals surface area contributed by atoms with E-state index in [0.29, 0.717) is 28.6 Å². The average Bonchev–Trinajstić information content (AvgIpc) is 2.31. The van der Waals surface area contributed by atoms with Crippen molar-refractivity contribution in [3.05, 3.63) is 39.9 Å². The minimum absolute atomic E-state index is 0.0596. The van der Waals surface area contributed by atoms with Gasteiger partial charge in [0.2, 0.25) is 5.91 Å². The Morgan fingerprint density at radius 3 is 2.88 bits per heavy atom. The Kier molecular flexibility index (Phi) is 6.05. The predicted molar refractivity (Wildman–Crippen MR) is 70.2 cm³/mol. The van der Waals surface area contributed by atoms with Gasteiger partial charge in [0, 0.05) is 29.3 Å². The lowest BCUT2D eigenvalue weighted by Crippen LogP contribution is -2.22. The smallest absolute Gasteiger partial charge is 0.244 e. The van der Waals surface area contributed by atoms with Gasteiger partial charge in [-0.15, -0.1) is 0 Å². The molecule has 5 heteroatoms. The summed E-state index contributed by atoms with van der Waals surface area (Å²) >= 11 is 11.7. The topological polar surface area (TPSA) is 49.3 Å². The Balaban J connectivity index is 2.57. The van der Waals surface area contributed by atoms with Gasteiger partial charge in [0.05, 0.1) is 0 Å². The number of carbonyl (C=O) groups is 1. The van der Waals surface area contributed by atoms with Crippen LogP contribution < -0.4 is 5.32 Å². The highest BCUT2D eigenvalue weighted by atomic mass is 35.5. The van der Waals surface area contributed by atoms with E-state index in [-0.39, 0.29) is 12.5 Å². The van der Waals surface area contributed by atoms with Crippen LogP contribution in [0.2, 0.25) is 10.0 Å². The zero-order chi connectivity index (χ0) is 12.7. The van der Waals surface area contributed by atoms with Crippen molar-refractivity contribution in [1.29, 1.82) is 0 Å². The molecule has 2 N–H and O–H groups in total. The Bertz CT molecular complexity index is 419. The summed E-state index contributed by atoms with van der Waals surface area (Å²) in [5.74, 6) is -0.227. The predicted octanol–water partition coefficient (Wildman–Crippen LogP) is 2.51. The molecule has 92 valence electrons. The monoisotopic (exact) mass is 273 g/mol. The third-order valence-corrected chi connectivity index (χ3v) is 2.59. The second-order valence-electron chi connectivity index (χ2n) is 3.37. The van der Waals surface area contributed by atoms with Crippen LogP contribution in [0.5, 0.6) is 0 Å². The number of hydrogen-bond donors (Lipinski definition) is 2. The van der Waals surface area contributed by atoms with Gasteiger partial charge in [-0.1, -0.05) is 23.2 Å². The lowest BCUT2D eigenvalue weighted by atomic mass is 10.2. The Hall–Kier alpha value is -1.03. The van der Waals surface area contributed by atoms with Gasteiger partial charge in [-0.3, -0.25) is 4.79 Å². The third-order valence-electron chi connectivity index (χ3n) is 2.01. The first kappa shape index (κ1) is 14.0. The summed E-state index contributed by atoms with van der Waals surface area (Å²) in [4.78, 5) is 11.3. The molecule has 0 aliphatic rings. The molecule has 0 spiro atoms. The van der Waals surface area contributed by atoms with Gasteiger partial charge in [-0.2, -0.15) is 0 Å². The molecule has 0 aliphatic carbocycles. The Labute approximate surface area is 110 Å². The van der Waals surface area contributed by atoms with Gasteiger partial charge < -0.3 is 10.4 Å². The number of nitrogens with one attached hydrogen (secondary N) is 1. The van der Waals surface area contributed by atoms with Crippen LogP contribution in [0.1, 0.15) is 12.0 Å². The fraction of sp³-hybridized carbons (Fsp3) is 0.250. The molecule has 0 atom stereocenters. The van der Waals surface area contributed by atoms with Gasteiger partial charge in [0.1, 0.15) is 0 Å². The van der Waals surface area contributed by atoms with Gasteiger partial charge >= 0.3 is 0 Å². The minimum atomic E-state index is -0.227. The Morgan fingerprint density at radius 2 is 2.18 bits per heavy atom. The number of benzene rings is 1. The fourth-order valence-corrected chi connectivity index (χ4v) is 1.52. The standard InChI is InChI=1S/C12H13Cl2NO2/c13-10-3-4-11(14)9(8-10)2-5-12(17)15-6-1-7-16/h2-5,8,16H,1,6-7H2,(H,15,17)/b5-2+. The van der Waals surface area contributed by atoms with E-state index >= 15 is 0 Å². The largest absolute Gasteiger partial charge is 0.396 e. The first-order valence-corrected chi connectivity index (χ1v) is 5.91. The molecule has 0 aliphatic heterocycles. The molecule has 1 rings (SSSR count). The molecule has 0 bridgehead atoms. The number of hydrogen-bond acceptors (Lipinski definition) is 2. The zero-order valence-electron chi connectivity index (χ0n) is 9.12. The number of rotatable bonds is 5. The molecule has 1 aromatic rings. The zero-order valence-corrected chi connectivity index (χ0v) is 10.6. The van der Waals surface area contributed by atoms with Crippen LogP contribution in [-0.2, 0) is 4.79 Å². The van der Waals surface area contributed by atoms with Gasteiger partial charge in [0.15, 0.2) is 0 Å². The van der Waals surface area contributed by atoms with Crippen molar-refractivity contribution in [2.75, 3.05) is 13.2 Å². The first-order chi connectivity index (χ1) is 8.13. The van der Waals surface area contributed by atoms with Gasteiger partial charge in [0.25, 0.3) is 0 Å². The lowest BCUT2D eigenvalue weighted by Gasteiger charge is -2.00. The van der Waals surface area contributed by atoms with Crippen molar-refractivity contribution in [2.45, 2.75) is 6.42 Å². The summed E-state index contributed by atoms with van der Waals surface area (Å²) in [6.45, 7) is 0.507. The molecule has 0 saturated heterocycles. The normalized spacial score (nSPS) is 10.8. The number of carbonyl (C=O) groups excluding carboxylic acids is 1. The summed E-state index contributed by atoms with van der Waals surface area (Å²) in [6, 6.07) is 5.04. The molecular formula is C12H13Cl2NO2. The molecular weight excluding hydrogens is 261 g/mol. The van der Waals surface area contributed by atoms with Gasteiger partial charge in [-0.25, -0.2) is 0 Å². The summed E-state index contributed by atoms with van der Waals surface area (Å²) in [7, 11) is 0. The van der Waals surface area contributed by atoms with E-state index in [4.69, 9.17) is 28.3 Å². The maximum Gasteiger partial charge on any atom is 0.244 e. The summed E-state index contributed by atoms with van der Waals surface area (Å²) < 4.78 is 0. The molecule has 17 heavy (non-hydrogen) atoms. The van der Waals surface area contributed by atoms with E-state index in [1.165, 1.54) is 6.08 Å². The third kappa shape index (κ3) is 5.22. The SMILES string of the molecule is O=C(/C=C/c1cc(Cl)ccc1Cl)NCCCO. The molecule has 0 radical (unpaired) electrons. The quantitative estimate of drug-likeness (QED) is 0.640. The molecule has 0 fully saturated rings. The van der Waals surface area contributed by atoms with E-state index in [9.17, 15) is 4.79 Å². The summed E-state index contributed by atoms with van der Waals surface area (Å²) in [6.07, 6.45) is 3.52. The number of halogens is 2. The van der Waals surface area contributed by atoms with E-state index < -0.39 is 0 Å². The van der Waals surface area contributed by atoms with E-state index in [1.54, 1.807) is 24.3 Å². The number of aliphatic hydroxyl groups excluding tert-OH is 1. The molecule has 0 aromatic heterocycles. The average molecular weight is 274 g/mol. The van der Waals surface area contributed by atoms with Crippen molar-refractivity contribution in [1.82, 2.24) is 5.32 Å². The van der Waals surface area contributed by atoms with Crippen LogP contribution in [0, 0.1) is 0 Å². The fourth-order valence-electron chi connectivity index (χ4n) is 1.16. The maximum absolute atomic E-state index is 11.3. The number of aliphatic hydroxyl groups is 1. The van der Waals surface area contributed by atoms with Crippen molar-refractivity contribution in [3.8, 4) is 0 Å². The lowest BCUT2D eigenvalue weighted by molar-refractivity contribution is -0.116. The first-order valence-electron chi connectivity index (χ1n) is 5.15. The molecule has 1 amide bonds. The van der Waals surface area contributed by atoms with Crippen molar-refractivity contribution >= 4 is 35.2 Å². The minimum Gasteiger partial charge on any atom is -0.396 e. The molecule has 0 unspecified atom stereocenters. The van der Waals surface area contributed by atoms with Crippen LogP contribution in [0.3, 0.4) is 0 Å².